The van der Waals surface area contributed by atoms with Crippen molar-refractivity contribution in [2.45, 2.75) is 70.5 Å². The van der Waals surface area contributed by atoms with Crippen molar-refractivity contribution in [3.8, 4) is 0 Å². The number of carbonyl (C=O) groups excluding carboxylic acids is 1. The summed E-state index contributed by atoms with van der Waals surface area (Å²) in [6.07, 6.45) is 5.42. The number of halogens is 1. The van der Waals surface area contributed by atoms with E-state index in [-0.39, 0.29) is 34.3 Å². The van der Waals surface area contributed by atoms with Gasteiger partial charge in [0.1, 0.15) is 11.5 Å². The average Bonchev–Trinajstić information content (AvgIpc) is 3.28. The summed E-state index contributed by atoms with van der Waals surface area (Å²) in [5.74, 6) is 0.552. The topological polar surface area (TPSA) is 60.7 Å². The number of hydrogen-bond donors (Lipinski definition) is 1. The minimum absolute atomic E-state index is 0.0792. The maximum absolute atomic E-state index is 12.2. The molecule has 3 saturated carbocycles. The summed E-state index contributed by atoms with van der Waals surface area (Å²) in [6, 6.07) is 8.01. The number of hydrogen-bond acceptors (Lipinski definition) is 4. The van der Waals surface area contributed by atoms with Crippen LogP contribution in [0, 0.1) is 17.3 Å². The molecule has 5 nitrogen and oxygen atoms in total. The zero-order chi connectivity index (χ0) is 22.0. The fraction of sp³-hybridized carbons (Fsp3) is 0.625. The molecule has 1 saturated heterocycles. The van der Waals surface area contributed by atoms with Crippen LogP contribution in [0.5, 0.6) is 0 Å². The second kappa shape index (κ2) is 7.26. The Kier molecular flexibility index (Phi) is 5.00. The van der Waals surface area contributed by atoms with Crippen LogP contribution in [-0.2, 0) is 20.5 Å². The van der Waals surface area contributed by atoms with Crippen molar-refractivity contribution in [1.29, 1.82) is 0 Å². The Balaban J connectivity index is 1.37. The van der Waals surface area contributed by atoms with Gasteiger partial charge in [-0.15, -0.1) is 11.6 Å². The molecule has 31 heavy (non-hydrogen) atoms. The molecule has 1 aromatic carbocycles. The number of aryl methyl sites for hydroxylation is 1. The first-order valence-electron chi connectivity index (χ1n) is 11.3. The SMILES string of the molecule is CC1(C)[C@H]2C[C@@H]1[C@]1(C)OB([C@H](CCc3coc4ccccc34)NC(=O)CCl)O[C@]1(C)C2. The quantitative estimate of drug-likeness (QED) is 0.517. The highest BCUT2D eigenvalue weighted by Gasteiger charge is 2.73. The monoisotopic (exact) mass is 443 g/mol. The minimum atomic E-state index is -0.490. The molecule has 6 rings (SSSR count). The first kappa shape index (κ1) is 21.4. The number of fused-ring (bicyclic) bond motifs is 1. The normalized spacial score (nSPS) is 34.3. The van der Waals surface area contributed by atoms with Gasteiger partial charge in [0, 0.05) is 5.39 Å². The number of para-hydroxylation sites is 1. The van der Waals surface area contributed by atoms with E-state index >= 15 is 0 Å². The van der Waals surface area contributed by atoms with Crippen LogP contribution in [0.25, 0.3) is 11.0 Å². The summed E-state index contributed by atoms with van der Waals surface area (Å²) in [5, 5.41) is 4.17. The highest BCUT2D eigenvalue weighted by Crippen LogP contribution is 2.69. The fourth-order valence-corrected chi connectivity index (χ4v) is 6.53. The summed E-state index contributed by atoms with van der Waals surface area (Å²) in [5.41, 5.74) is 1.56. The predicted octanol–water partition coefficient (Wildman–Crippen LogP) is 4.75. The van der Waals surface area contributed by atoms with Crippen molar-refractivity contribution < 1.29 is 18.5 Å². The largest absolute Gasteiger partial charge is 0.481 e. The van der Waals surface area contributed by atoms with E-state index in [9.17, 15) is 4.79 Å². The third-order valence-electron chi connectivity index (χ3n) is 8.64. The van der Waals surface area contributed by atoms with Gasteiger partial charge in [0.2, 0.25) is 5.91 Å². The van der Waals surface area contributed by atoms with Crippen molar-refractivity contribution >= 4 is 35.6 Å². The minimum Gasteiger partial charge on any atom is -0.464 e. The summed E-state index contributed by atoms with van der Waals surface area (Å²) in [6.45, 7) is 9.10. The molecule has 5 atom stereocenters. The molecule has 166 valence electrons. The molecule has 1 aliphatic heterocycles. The second-order valence-corrected chi connectivity index (χ2v) is 10.8. The highest BCUT2D eigenvalue weighted by atomic mass is 35.5. The van der Waals surface area contributed by atoms with Gasteiger partial charge in [-0.05, 0) is 68.4 Å². The molecule has 0 unspecified atom stereocenters. The fourth-order valence-electron chi connectivity index (χ4n) is 6.46. The van der Waals surface area contributed by atoms with E-state index in [2.05, 4.69) is 39.1 Å². The second-order valence-electron chi connectivity index (χ2n) is 10.6. The molecular weight excluding hydrogens is 413 g/mol. The lowest BCUT2D eigenvalue weighted by molar-refractivity contribution is -0.235. The molecule has 7 heteroatoms. The lowest BCUT2D eigenvalue weighted by Gasteiger charge is -2.67. The van der Waals surface area contributed by atoms with Crippen molar-refractivity contribution in [3.63, 3.8) is 0 Å². The third-order valence-corrected chi connectivity index (χ3v) is 8.88. The molecule has 4 fully saturated rings. The number of benzene rings is 1. The van der Waals surface area contributed by atoms with Gasteiger partial charge in [0.05, 0.1) is 23.4 Å². The number of rotatable bonds is 6. The molecule has 3 aliphatic carbocycles. The van der Waals surface area contributed by atoms with Crippen LogP contribution in [0.1, 0.15) is 52.5 Å². The molecule has 0 spiro atoms. The number of alkyl halides is 1. The van der Waals surface area contributed by atoms with E-state index < -0.39 is 7.12 Å². The van der Waals surface area contributed by atoms with Gasteiger partial charge in [0.15, 0.2) is 0 Å². The summed E-state index contributed by atoms with van der Waals surface area (Å²) < 4.78 is 19.0. The smallest absolute Gasteiger partial charge is 0.464 e. The summed E-state index contributed by atoms with van der Waals surface area (Å²) >= 11 is 5.82. The Morgan fingerprint density at radius 1 is 1.26 bits per heavy atom. The van der Waals surface area contributed by atoms with Crippen LogP contribution >= 0.6 is 11.6 Å². The van der Waals surface area contributed by atoms with Crippen LogP contribution < -0.4 is 5.32 Å². The van der Waals surface area contributed by atoms with Crippen molar-refractivity contribution in [3.05, 3.63) is 36.1 Å². The third kappa shape index (κ3) is 3.17. The average molecular weight is 444 g/mol. The number of amides is 1. The maximum Gasteiger partial charge on any atom is 0.481 e. The Bertz CT molecular complexity index is 1010. The number of carbonyl (C=O) groups is 1. The molecule has 0 radical (unpaired) electrons. The van der Waals surface area contributed by atoms with E-state index in [1.54, 1.807) is 6.26 Å². The zero-order valence-electron chi connectivity index (χ0n) is 18.7. The van der Waals surface area contributed by atoms with Crippen molar-refractivity contribution in [2.75, 3.05) is 5.88 Å². The van der Waals surface area contributed by atoms with Gasteiger partial charge in [-0.1, -0.05) is 32.0 Å². The molecule has 1 N–H and O–H groups in total. The van der Waals surface area contributed by atoms with Crippen molar-refractivity contribution in [1.82, 2.24) is 5.32 Å². The Hall–Kier alpha value is -1.50. The number of furan rings is 1. The summed E-state index contributed by atoms with van der Waals surface area (Å²) in [7, 11) is -0.490. The molecule has 2 bridgehead atoms. The van der Waals surface area contributed by atoms with Gasteiger partial charge in [0.25, 0.3) is 0 Å². The predicted molar refractivity (Wildman–Crippen MR) is 122 cm³/mol. The lowest BCUT2D eigenvalue weighted by Crippen LogP contribution is -2.70. The van der Waals surface area contributed by atoms with Gasteiger partial charge >= 0.3 is 7.12 Å². The molecule has 2 aromatic rings. The van der Waals surface area contributed by atoms with Crippen LogP contribution in [0.4, 0.5) is 0 Å². The van der Waals surface area contributed by atoms with Crippen LogP contribution in [0.3, 0.4) is 0 Å². The molecule has 4 aliphatic rings. The molecular formula is C24H31BClNO4. The first-order chi connectivity index (χ1) is 14.7. The zero-order valence-corrected chi connectivity index (χ0v) is 19.5. The lowest BCUT2D eigenvalue weighted by atomic mass is 9.41. The molecule has 1 aromatic heterocycles. The summed E-state index contributed by atoms with van der Waals surface area (Å²) in [4.78, 5) is 12.2. The van der Waals surface area contributed by atoms with Gasteiger partial charge in [-0.2, -0.15) is 0 Å². The van der Waals surface area contributed by atoms with Crippen LogP contribution in [-0.4, -0.2) is 36.0 Å². The standard InChI is InChI=1S/C24H31BClNO4/c1-22(2)16-11-19(22)24(4)23(3,12-16)30-25(31-24)20(27-21(28)13-26)10-9-15-14-29-18-8-6-5-7-17(15)18/h5-8,14,16,19-20H,9-13H2,1-4H3,(H,27,28)/t16-,19-,20-,23+,24-/m0/s1. The van der Waals surface area contributed by atoms with Gasteiger partial charge in [-0.25, -0.2) is 0 Å². The maximum atomic E-state index is 12.2. The van der Waals surface area contributed by atoms with Gasteiger partial charge in [-0.3, -0.25) is 4.79 Å². The van der Waals surface area contributed by atoms with E-state index in [1.165, 1.54) is 6.42 Å². The Morgan fingerprint density at radius 3 is 2.77 bits per heavy atom. The molecule has 1 amide bonds. The van der Waals surface area contributed by atoms with Crippen LogP contribution in [0.15, 0.2) is 34.9 Å². The van der Waals surface area contributed by atoms with E-state index in [0.717, 1.165) is 29.4 Å². The molecule has 2 heterocycles. The number of nitrogens with one attached hydrogen (secondary N) is 1. The Morgan fingerprint density at radius 2 is 2.03 bits per heavy atom. The Labute approximate surface area is 189 Å². The van der Waals surface area contributed by atoms with Crippen molar-refractivity contribution in [2.24, 2.45) is 17.3 Å². The van der Waals surface area contributed by atoms with Gasteiger partial charge < -0.3 is 19.0 Å². The first-order valence-corrected chi connectivity index (χ1v) is 11.9. The highest BCUT2D eigenvalue weighted by molar-refractivity contribution is 6.48. The van der Waals surface area contributed by atoms with Crippen LogP contribution in [0.2, 0.25) is 0 Å². The van der Waals surface area contributed by atoms with E-state index in [0.29, 0.717) is 18.3 Å². The van der Waals surface area contributed by atoms with E-state index in [4.69, 9.17) is 25.3 Å². The van der Waals surface area contributed by atoms with E-state index in [1.807, 2.05) is 18.2 Å².